The third-order valence-corrected chi connectivity index (χ3v) is 10.7. The summed E-state index contributed by atoms with van der Waals surface area (Å²) in [7, 11) is 1.92. The molecular weight excluding hydrogens is 673 g/mol. The number of ether oxygens (including phenoxy) is 1. The average Bonchev–Trinajstić information content (AvgIpc) is 3.55. The third-order valence-electron chi connectivity index (χ3n) is 9.83. The lowest BCUT2D eigenvalue weighted by Crippen LogP contribution is -2.42. The molecule has 0 aliphatic carbocycles. The summed E-state index contributed by atoms with van der Waals surface area (Å²) in [6.45, 7) is 10.8. The van der Waals surface area contributed by atoms with Crippen molar-refractivity contribution in [2.75, 3.05) is 18.1 Å². The van der Waals surface area contributed by atoms with Crippen molar-refractivity contribution in [3.05, 3.63) is 104 Å². The Morgan fingerprint density at radius 2 is 1.76 bits per heavy atom. The second-order valence-electron chi connectivity index (χ2n) is 13.1. The summed E-state index contributed by atoms with van der Waals surface area (Å²) in [5.41, 5.74) is 9.00. The van der Waals surface area contributed by atoms with E-state index in [1.807, 2.05) is 69.8 Å². The van der Waals surface area contributed by atoms with Crippen molar-refractivity contribution >= 4 is 62.6 Å². The van der Waals surface area contributed by atoms with Crippen LogP contribution in [-0.2, 0) is 13.5 Å². The van der Waals surface area contributed by atoms with E-state index in [9.17, 15) is 14.7 Å². The van der Waals surface area contributed by atoms with Crippen molar-refractivity contribution in [3.8, 4) is 16.9 Å². The number of fused-ring (bicyclic) bond motifs is 4. The third kappa shape index (κ3) is 5.40. The van der Waals surface area contributed by atoms with Crippen molar-refractivity contribution in [2.24, 2.45) is 7.05 Å². The Labute approximate surface area is 300 Å². The van der Waals surface area contributed by atoms with E-state index < -0.39 is 5.97 Å². The lowest BCUT2D eigenvalue weighted by molar-refractivity contribution is 0.0698. The van der Waals surface area contributed by atoms with Crippen molar-refractivity contribution < 1.29 is 19.4 Å². The highest BCUT2D eigenvalue weighted by molar-refractivity contribution is 6.35. The molecule has 11 heteroatoms. The Bertz CT molecular complexity index is 2350. The first kappa shape index (κ1) is 33.6. The molecule has 0 unspecified atom stereocenters. The molecule has 0 bridgehead atoms. The molecule has 1 N–H and O–H groups in total. The van der Waals surface area contributed by atoms with Gasteiger partial charge in [0, 0.05) is 58.4 Å². The summed E-state index contributed by atoms with van der Waals surface area (Å²) in [4.78, 5) is 33.1. The van der Waals surface area contributed by atoms with Gasteiger partial charge < -0.3 is 19.3 Å². The van der Waals surface area contributed by atoms with Gasteiger partial charge in [-0.05, 0) is 94.5 Å². The monoisotopic (exact) mass is 709 g/mol. The number of aromatic carboxylic acids is 1. The summed E-state index contributed by atoms with van der Waals surface area (Å²) in [5.74, 6) is -0.488. The molecule has 0 saturated heterocycles. The molecule has 1 atom stereocenters. The van der Waals surface area contributed by atoms with Gasteiger partial charge in [0.2, 0.25) is 0 Å². The number of benzene rings is 3. The number of hydrogen-bond donors (Lipinski definition) is 1. The van der Waals surface area contributed by atoms with Crippen molar-refractivity contribution in [2.45, 2.75) is 53.5 Å². The minimum atomic E-state index is -1.07. The first-order chi connectivity index (χ1) is 23.9. The van der Waals surface area contributed by atoms with E-state index in [2.05, 4.69) is 16.5 Å². The largest absolute Gasteiger partial charge is 0.494 e. The van der Waals surface area contributed by atoms with Crippen LogP contribution in [0.1, 0.15) is 68.3 Å². The van der Waals surface area contributed by atoms with Crippen LogP contribution in [0.3, 0.4) is 0 Å². The van der Waals surface area contributed by atoms with Crippen molar-refractivity contribution in [3.63, 3.8) is 0 Å². The molecule has 1 aliphatic heterocycles. The van der Waals surface area contributed by atoms with Crippen LogP contribution >= 0.6 is 23.2 Å². The lowest BCUT2D eigenvalue weighted by atomic mass is 9.98. The molecule has 1 amide bonds. The molecule has 4 heterocycles. The van der Waals surface area contributed by atoms with Gasteiger partial charge in [-0.1, -0.05) is 41.4 Å². The molecule has 0 saturated carbocycles. The number of carbonyl (C=O) groups excluding carboxylic acids is 1. The molecule has 6 aromatic rings. The van der Waals surface area contributed by atoms with Crippen LogP contribution in [-0.4, -0.2) is 49.5 Å². The summed E-state index contributed by atoms with van der Waals surface area (Å²) >= 11 is 13.4. The van der Waals surface area contributed by atoms with Crippen LogP contribution in [0.5, 0.6) is 5.75 Å². The fourth-order valence-electron chi connectivity index (χ4n) is 7.51. The van der Waals surface area contributed by atoms with Gasteiger partial charge in [-0.3, -0.25) is 14.5 Å². The first-order valence-corrected chi connectivity index (χ1v) is 17.3. The van der Waals surface area contributed by atoms with Gasteiger partial charge in [-0.25, -0.2) is 4.79 Å². The van der Waals surface area contributed by atoms with E-state index in [1.165, 1.54) is 6.07 Å². The number of anilines is 1. The van der Waals surface area contributed by atoms with Crippen molar-refractivity contribution in [1.82, 2.24) is 19.3 Å². The maximum Gasteiger partial charge on any atom is 0.337 e. The van der Waals surface area contributed by atoms with Crippen LogP contribution in [0.4, 0.5) is 5.69 Å². The Morgan fingerprint density at radius 1 is 1.02 bits per heavy atom. The Hall–Kier alpha value is -4.86. The van der Waals surface area contributed by atoms with Gasteiger partial charge in [0.05, 0.1) is 39.6 Å². The number of carboxylic acid groups (broad SMARTS) is 1. The maximum absolute atomic E-state index is 14.9. The summed E-state index contributed by atoms with van der Waals surface area (Å²) < 4.78 is 10.2. The topological polar surface area (TPSA) is 102 Å². The zero-order valence-corrected chi connectivity index (χ0v) is 30.3. The molecule has 0 fully saturated rings. The number of pyridine rings is 1. The van der Waals surface area contributed by atoms with E-state index in [-0.39, 0.29) is 17.5 Å². The summed E-state index contributed by atoms with van der Waals surface area (Å²) in [5, 5.41) is 17.4. The zero-order chi connectivity index (χ0) is 35.6. The summed E-state index contributed by atoms with van der Waals surface area (Å²) in [6.07, 6.45) is 2.79. The van der Waals surface area contributed by atoms with Gasteiger partial charge in [0.15, 0.2) is 0 Å². The number of para-hydroxylation sites is 1. The predicted octanol–water partition coefficient (Wildman–Crippen LogP) is 9.06. The van der Waals surface area contributed by atoms with Crippen LogP contribution in [0.2, 0.25) is 10.0 Å². The number of carbonyl (C=O) groups is 2. The second-order valence-corrected chi connectivity index (χ2v) is 13.9. The van der Waals surface area contributed by atoms with Crippen molar-refractivity contribution in [1.29, 1.82) is 0 Å². The lowest BCUT2D eigenvalue weighted by Gasteiger charge is -2.35. The molecule has 9 nitrogen and oxygen atoms in total. The quantitative estimate of drug-likeness (QED) is 0.158. The minimum Gasteiger partial charge on any atom is -0.494 e. The van der Waals surface area contributed by atoms with E-state index >= 15 is 0 Å². The molecule has 7 rings (SSSR count). The molecular formula is C39H37Cl2N5O4. The number of amides is 1. The fraction of sp³-hybridized carbons (Fsp3) is 0.282. The Kier molecular flexibility index (Phi) is 8.60. The average molecular weight is 711 g/mol. The van der Waals surface area contributed by atoms with Crippen LogP contribution in [0.25, 0.3) is 32.9 Å². The van der Waals surface area contributed by atoms with E-state index in [4.69, 9.17) is 33.0 Å². The fourth-order valence-corrected chi connectivity index (χ4v) is 7.86. The number of carboxylic acids is 1. The Balaban J connectivity index is 1.38. The number of halogens is 2. The van der Waals surface area contributed by atoms with Gasteiger partial charge >= 0.3 is 5.97 Å². The molecule has 3 aromatic carbocycles. The molecule has 0 radical (unpaired) electrons. The van der Waals surface area contributed by atoms with Gasteiger partial charge in [-0.2, -0.15) is 5.10 Å². The van der Waals surface area contributed by atoms with Gasteiger partial charge in [0.1, 0.15) is 11.4 Å². The molecule has 3 aromatic heterocycles. The Morgan fingerprint density at radius 3 is 2.44 bits per heavy atom. The molecule has 50 heavy (non-hydrogen) atoms. The molecule has 256 valence electrons. The highest BCUT2D eigenvalue weighted by atomic mass is 35.5. The van der Waals surface area contributed by atoms with E-state index in [1.54, 1.807) is 23.2 Å². The number of nitrogens with zero attached hydrogens (tertiary/aromatic N) is 5. The van der Waals surface area contributed by atoms with Crippen LogP contribution < -0.4 is 9.64 Å². The minimum absolute atomic E-state index is 0.0872. The normalized spacial score (nSPS) is 14.5. The second kappa shape index (κ2) is 12.8. The van der Waals surface area contributed by atoms with E-state index in [0.29, 0.717) is 53.3 Å². The highest BCUT2D eigenvalue weighted by Crippen LogP contribution is 2.45. The first-order valence-electron chi connectivity index (χ1n) is 16.6. The van der Waals surface area contributed by atoms with Gasteiger partial charge in [-0.15, -0.1) is 0 Å². The zero-order valence-electron chi connectivity index (χ0n) is 28.8. The molecule has 1 aliphatic rings. The number of aromatic nitrogens is 4. The molecule has 0 spiro atoms. The van der Waals surface area contributed by atoms with E-state index in [0.717, 1.165) is 60.9 Å². The number of hydrogen-bond acceptors (Lipinski definition) is 5. The van der Waals surface area contributed by atoms with Crippen LogP contribution in [0.15, 0.2) is 54.7 Å². The number of aryl methyl sites for hydroxylation is 5. The smallest absolute Gasteiger partial charge is 0.337 e. The highest BCUT2D eigenvalue weighted by Gasteiger charge is 2.37. The summed E-state index contributed by atoms with van der Waals surface area (Å²) in [6, 6.07) is 14.5. The predicted molar refractivity (Wildman–Crippen MR) is 198 cm³/mol. The SMILES string of the molecule is Cc1cc(OCCCc2c3n(c4c(-c5c(C)nn(C)c5C)c(Cl)ccc24)[C@H](C)CN(c2ccnc4c(C(=O)O)cccc24)C3=O)cc(C)c1Cl. The van der Waals surface area contributed by atoms with Crippen LogP contribution in [0, 0.1) is 27.7 Å². The standard InChI is InChI=1S/C39H37Cl2N5O4/c1-20-17-25(18-21(2)34(20)41)50-16-8-11-26-27-12-13-30(40)33(32-23(4)43-44(6)24(32)5)36(27)46-22(3)19-45(38(47)37(26)46)31-14-15-42-35-28(31)9-7-10-29(35)39(48)49/h7,9-10,12-15,17-18,22H,8,11,16,19H2,1-6H3,(H,48,49)/t22-/m1/s1. The maximum atomic E-state index is 14.9. The van der Waals surface area contributed by atoms with Gasteiger partial charge in [0.25, 0.3) is 5.91 Å². The number of rotatable bonds is 8.